The van der Waals surface area contributed by atoms with Gasteiger partial charge in [0.25, 0.3) is 0 Å². The lowest BCUT2D eigenvalue weighted by atomic mass is 9.84. The average Bonchev–Trinajstić information content (AvgIpc) is 2.77. The molecule has 2 N–H and O–H groups in total. The third-order valence-electron chi connectivity index (χ3n) is 4.23. The maximum Gasteiger partial charge on any atom is 0.223 e. The highest BCUT2D eigenvalue weighted by Crippen LogP contribution is 2.27. The van der Waals surface area contributed by atoms with Gasteiger partial charge in [0, 0.05) is 12.0 Å². The maximum absolute atomic E-state index is 11.9. The lowest BCUT2D eigenvalue weighted by Crippen LogP contribution is -2.44. The number of aliphatic hydroxyl groups is 1. The van der Waals surface area contributed by atoms with Gasteiger partial charge in [-0.2, -0.15) is 0 Å². The molecule has 0 bridgehead atoms. The highest BCUT2D eigenvalue weighted by molar-refractivity contribution is 5.79. The minimum Gasteiger partial charge on any atom is -0.393 e. The van der Waals surface area contributed by atoms with Gasteiger partial charge in [0.2, 0.25) is 5.91 Å². The molecule has 16 heavy (non-hydrogen) atoms. The Morgan fingerprint density at radius 3 is 2.50 bits per heavy atom. The van der Waals surface area contributed by atoms with E-state index in [1.54, 1.807) is 0 Å². The zero-order chi connectivity index (χ0) is 11.5. The molecule has 0 aromatic heterocycles. The highest BCUT2D eigenvalue weighted by Gasteiger charge is 2.29. The molecule has 3 atom stereocenters. The van der Waals surface area contributed by atoms with Crippen LogP contribution in [0.5, 0.6) is 0 Å². The van der Waals surface area contributed by atoms with E-state index < -0.39 is 0 Å². The Morgan fingerprint density at radius 2 is 1.88 bits per heavy atom. The van der Waals surface area contributed by atoms with Crippen molar-refractivity contribution < 1.29 is 9.90 Å². The van der Waals surface area contributed by atoms with Crippen LogP contribution in [-0.4, -0.2) is 23.2 Å². The molecule has 1 amide bonds. The van der Waals surface area contributed by atoms with Crippen LogP contribution in [0, 0.1) is 11.8 Å². The molecule has 0 aromatic carbocycles. The summed E-state index contributed by atoms with van der Waals surface area (Å²) in [5.74, 6) is 0.861. The van der Waals surface area contributed by atoms with Crippen molar-refractivity contribution in [3.05, 3.63) is 0 Å². The van der Waals surface area contributed by atoms with Crippen molar-refractivity contribution in [3.63, 3.8) is 0 Å². The first-order valence-electron chi connectivity index (χ1n) is 6.65. The van der Waals surface area contributed by atoms with E-state index >= 15 is 0 Å². The summed E-state index contributed by atoms with van der Waals surface area (Å²) in [5, 5.41) is 12.9. The largest absolute Gasteiger partial charge is 0.393 e. The molecule has 2 rings (SSSR count). The summed E-state index contributed by atoms with van der Waals surface area (Å²) in [5.41, 5.74) is 0. The molecule has 92 valence electrons. The monoisotopic (exact) mass is 225 g/mol. The Hall–Kier alpha value is -0.570. The minimum atomic E-state index is -0.234. The summed E-state index contributed by atoms with van der Waals surface area (Å²) in [6.07, 6.45) is 7.05. The number of carbonyl (C=O) groups excluding carboxylic acids is 1. The number of nitrogens with one attached hydrogen (secondary N) is 1. The molecule has 3 nitrogen and oxygen atoms in total. The standard InChI is InChI=1S/C13H23NO2/c1-9-6-7-11(8-12(9)15)14-13(16)10-4-2-3-5-10/h9-12,15H,2-8H2,1H3,(H,14,16). The van der Waals surface area contributed by atoms with E-state index in [4.69, 9.17) is 0 Å². The summed E-state index contributed by atoms with van der Waals surface area (Å²) >= 11 is 0. The van der Waals surface area contributed by atoms with Crippen molar-refractivity contribution in [3.8, 4) is 0 Å². The van der Waals surface area contributed by atoms with Gasteiger partial charge in [-0.05, 0) is 38.0 Å². The molecule has 0 heterocycles. The van der Waals surface area contributed by atoms with E-state index in [2.05, 4.69) is 12.2 Å². The van der Waals surface area contributed by atoms with E-state index in [-0.39, 0.29) is 24.0 Å². The first-order valence-corrected chi connectivity index (χ1v) is 6.65. The second-order valence-corrected chi connectivity index (χ2v) is 5.54. The Labute approximate surface area is 97.6 Å². The maximum atomic E-state index is 11.9. The molecule has 0 spiro atoms. The van der Waals surface area contributed by atoms with E-state index in [0.29, 0.717) is 5.92 Å². The molecule has 2 aliphatic rings. The molecule has 2 saturated carbocycles. The van der Waals surface area contributed by atoms with Crippen LogP contribution in [-0.2, 0) is 4.79 Å². The van der Waals surface area contributed by atoms with Gasteiger partial charge in [-0.1, -0.05) is 19.8 Å². The Morgan fingerprint density at radius 1 is 1.19 bits per heavy atom. The van der Waals surface area contributed by atoms with E-state index in [1.165, 1.54) is 12.8 Å². The number of rotatable bonds is 2. The van der Waals surface area contributed by atoms with Crippen molar-refractivity contribution in [1.29, 1.82) is 0 Å². The number of aliphatic hydroxyl groups excluding tert-OH is 1. The third-order valence-corrected chi connectivity index (χ3v) is 4.23. The third kappa shape index (κ3) is 2.76. The number of hydrogen-bond donors (Lipinski definition) is 2. The first kappa shape index (κ1) is 11.9. The predicted octanol–water partition coefficient (Wildman–Crippen LogP) is 1.84. The summed E-state index contributed by atoms with van der Waals surface area (Å²) in [6.45, 7) is 2.08. The van der Waals surface area contributed by atoms with Crippen LogP contribution >= 0.6 is 0 Å². The van der Waals surface area contributed by atoms with Crippen molar-refractivity contribution in [2.24, 2.45) is 11.8 Å². The Balaban J connectivity index is 1.78. The van der Waals surface area contributed by atoms with Crippen LogP contribution in [0.25, 0.3) is 0 Å². The molecule has 3 heteroatoms. The lowest BCUT2D eigenvalue weighted by molar-refractivity contribution is -0.126. The van der Waals surface area contributed by atoms with Crippen LogP contribution in [0.15, 0.2) is 0 Å². The topological polar surface area (TPSA) is 49.3 Å². The van der Waals surface area contributed by atoms with Crippen LogP contribution in [0.4, 0.5) is 0 Å². The Bertz CT molecular complexity index is 248. The average molecular weight is 225 g/mol. The van der Waals surface area contributed by atoms with Gasteiger partial charge in [-0.15, -0.1) is 0 Å². The number of amides is 1. The van der Waals surface area contributed by atoms with Crippen molar-refractivity contribution >= 4 is 5.91 Å². The van der Waals surface area contributed by atoms with Crippen LogP contribution in [0.1, 0.15) is 51.9 Å². The molecule has 0 radical (unpaired) electrons. The summed E-state index contributed by atoms with van der Waals surface area (Å²) < 4.78 is 0. The summed E-state index contributed by atoms with van der Waals surface area (Å²) in [6, 6.07) is 0.208. The zero-order valence-electron chi connectivity index (χ0n) is 10.1. The molecule has 3 unspecified atom stereocenters. The van der Waals surface area contributed by atoms with Crippen molar-refractivity contribution in [2.75, 3.05) is 0 Å². The second-order valence-electron chi connectivity index (χ2n) is 5.54. The van der Waals surface area contributed by atoms with Crippen LogP contribution in [0.3, 0.4) is 0 Å². The normalized spacial score (nSPS) is 36.2. The van der Waals surface area contributed by atoms with Crippen LogP contribution in [0.2, 0.25) is 0 Å². The number of hydrogen-bond acceptors (Lipinski definition) is 2. The molecule has 0 aliphatic heterocycles. The number of carbonyl (C=O) groups is 1. The summed E-state index contributed by atoms with van der Waals surface area (Å²) in [4.78, 5) is 11.9. The van der Waals surface area contributed by atoms with Gasteiger partial charge in [0.05, 0.1) is 6.10 Å². The van der Waals surface area contributed by atoms with Gasteiger partial charge < -0.3 is 10.4 Å². The first-order chi connectivity index (χ1) is 7.66. The minimum absolute atomic E-state index is 0.208. The van der Waals surface area contributed by atoms with Gasteiger partial charge in [-0.25, -0.2) is 0 Å². The van der Waals surface area contributed by atoms with Crippen LogP contribution < -0.4 is 5.32 Å². The fourth-order valence-corrected chi connectivity index (χ4v) is 2.94. The van der Waals surface area contributed by atoms with E-state index in [9.17, 15) is 9.90 Å². The van der Waals surface area contributed by atoms with Crippen molar-refractivity contribution in [1.82, 2.24) is 5.32 Å². The van der Waals surface area contributed by atoms with Crippen molar-refractivity contribution in [2.45, 2.75) is 64.0 Å². The highest BCUT2D eigenvalue weighted by atomic mass is 16.3. The molecular weight excluding hydrogens is 202 g/mol. The van der Waals surface area contributed by atoms with E-state index in [0.717, 1.165) is 32.1 Å². The SMILES string of the molecule is CC1CCC(NC(=O)C2CCCC2)CC1O. The summed E-state index contributed by atoms with van der Waals surface area (Å²) in [7, 11) is 0. The van der Waals surface area contributed by atoms with Gasteiger partial charge in [0.1, 0.15) is 0 Å². The quantitative estimate of drug-likeness (QED) is 0.753. The lowest BCUT2D eigenvalue weighted by Gasteiger charge is -2.32. The molecule has 0 aromatic rings. The molecule has 2 fully saturated rings. The van der Waals surface area contributed by atoms with Gasteiger partial charge in [-0.3, -0.25) is 4.79 Å². The molecule has 2 aliphatic carbocycles. The van der Waals surface area contributed by atoms with Gasteiger partial charge in [0.15, 0.2) is 0 Å². The Kier molecular flexibility index (Phi) is 3.85. The molecular formula is C13H23NO2. The fraction of sp³-hybridized carbons (Fsp3) is 0.923. The smallest absolute Gasteiger partial charge is 0.223 e. The molecule has 0 saturated heterocycles. The van der Waals surface area contributed by atoms with E-state index in [1.807, 2.05) is 0 Å². The zero-order valence-corrected chi connectivity index (χ0v) is 10.1. The fourth-order valence-electron chi connectivity index (χ4n) is 2.94. The predicted molar refractivity (Wildman–Crippen MR) is 62.9 cm³/mol. The van der Waals surface area contributed by atoms with Gasteiger partial charge >= 0.3 is 0 Å². The second kappa shape index (κ2) is 5.17.